The molecule has 0 radical (unpaired) electrons. The zero-order valence-corrected chi connectivity index (χ0v) is 9.07. The maximum Gasteiger partial charge on any atom is 0.292 e. The Morgan fingerprint density at radius 1 is 1.60 bits per heavy atom. The highest BCUT2D eigenvalue weighted by molar-refractivity contribution is 5.77. The van der Waals surface area contributed by atoms with Crippen molar-refractivity contribution in [1.29, 1.82) is 0 Å². The molecular weight excluding hydrogens is 196 g/mol. The standard InChI is InChI=1S/C8H14N2O.C2H4O2/c11-8-3-4-9-6-7-2-1-5-10(7)8;1-4-2-3/h7,9H,1-6H2;2H,1H3. The van der Waals surface area contributed by atoms with Gasteiger partial charge in [-0.25, -0.2) is 0 Å². The Hall–Kier alpha value is -1.10. The van der Waals surface area contributed by atoms with Crippen LogP contribution < -0.4 is 5.32 Å². The monoisotopic (exact) mass is 214 g/mol. The number of hydrogen-bond acceptors (Lipinski definition) is 4. The molecule has 2 heterocycles. The highest BCUT2D eigenvalue weighted by Crippen LogP contribution is 2.18. The fourth-order valence-electron chi connectivity index (χ4n) is 1.98. The lowest BCUT2D eigenvalue weighted by Gasteiger charge is -2.20. The normalized spacial score (nSPS) is 24.7. The second-order valence-corrected chi connectivity index (χ2v) is 3.67. The Bertz CT molecular complexity index is 221. The molecule has 2 fully saturated rings. The highest BCUT2D eigenvalue weighted by Gasteiger charge is 2.29. The van der Waals surface area contributed by atoms with E-state index < -0.39 is 0 Å². The van der Waals surface area contributed by atoms with Crippen LogP contribution in [0, 0.1) is 0 Å². The molecule has 0 aromatic carbocycles. The van der Waals surface area contributed by atoms with E-state index in [9.17, 15) is 4.79 Å². The van der Waals surface area contributed by atoms with Gasteiger partial charge >= 0.3 is 0 Å². The minimum atomic E-state index is 0.345. The second-order valence-electron chi connectivity index (χ2n) is 3.67. The average molecular weight is 214 g/mol. The molecule has 15 heavy (non-hydrogen) atoms. The highest BCUT2D eigenvalue weighted by atomic mass is 16.5. The molecule has 1 amide bonds. The smallest absolute Gasteiger partial charge is 0.292 e. The van der Waals surface area contributed by atoms with Crippen molar-refractivity contribution in [3.63, 3.8) is 0 Å². The molecule has 2 aliphatic rings. The summed E-state index contributed by atoms with van der Waals surface area (Å²) < 4.78 is 3.86. The van der Waals surface area contributed by atoms with Gasteiger partial charge in [-0.15, -0.1) is 0 Å². The Morgan fingerprint density at radius 3 is 3.00 bits per heavy atom. The molecule has 0 saturated carbocycles. The summed E-state index contributed by atoms with van der Waals surface area (Å²) in [4.78, 5) is 22.4. The van der Waals surface area contributed by atoms with Crippen molar-refractivity contribution in [2.24, 2.45) is 0 Å². The molecule has 0 aliphatic carbocycles. The Balaban J connectivity index is 0.000000245. The third-order valence-corrected chi connectivity index (χ3v) is 2.69. The first kappa shape index (κ1) is 12.0. The van der Waals surface area contributed by atoms with Crippen molar-refractivity contribution in [2.45, 2.75) is 25.3 Å². The first-order valence-electron chi connectivity index (χ1n) is 5.26. The molecule has 1 N–H and O–H groups in total. The summed E-state index contributed by atoms with van der Waals surface area (Å²) in [7, 11) is 1.31. The molecule has 0 spiro atoms. The van der Waals surface area contributed by atoms with Gasteiger partial charge < -0.3 is 15.0 Å². The van der Waals surface area contributed by atoms with Gasteiger partial charge in [0.1, 0.15) is 0 Å². The molecule has 5 heteroatoms. The predicted molar refractivity (Wildman–Crippen MR) is 55.3 cm³/mol. The van der Waals surface area contributed by atoms with E-state index in [1.165, 1.54) is 20.0 Å². The van der Waals surface area contributed by atoms with Crippen LogP contribution in [0.15, 0.2) is 0 Å². The van der Waals surface area contributed by atoms with Crippen LogP contribution in [-0.4, -0.2) is 50.1 Å². The molecule has 2 aliphatic heterocycles. The van der Waals surface area contributed by atoms with Crippen LogP contribution >= 0.6 is 0 Å². The molecule has 2 rings (SSSR count). The number of nitrogens with one attached hydrogen (secondary N) is 1. The quantitative estimate of drug-likeness (QED) is 0.612. The summed E-state index contributed by atoms with van der Waals surface area (Å²) in [5.41, 5.74) is 0. The van der Waals surface area contributed by atoms with Crippen LogP contribution in [0.5, 0.6) is 0 Å². The summed E-state index contributed by atoms with van der Waals surface area (Å²) in [6, 6.07) is 0.505. The van der Waals surface area contributed by atoms with Crippen LogP contribution in [0.2, 0.25) is 0 Å². The van der Waals surface area contributed by atoms with Crippen LogP contribution in [-0.2, 0) is 14.3 Å². The average Bonchev–Trinajstić information content (AvgIpc) is 2.66. The Kier molecular flexibility index (Phi) is 5.10. The minimum absolute atomic E-state index is 0.345. The SMILES string of the molecule is COC=O.O=C1CCNCC2CCCN12. The van der Waals surface area contributed by atoms with Crippen molar-refractivity contribution in [1.82, 2.24) is 10.2 Å². The summed E-state index contributed by atoms with van der Waals surface area (Å²) >= 11 is 0. The molecule has 0 aromatic heterocycles. The van der Waals surface area contributed by atoms with Crippen LogP contribution in [0.25, 0.3) is 0 Å². The summed E-state index contributed by atoms with van der Waals surface area (Å²) in [6.45, 7) is 3.24. The van der Waals surface area contributed by atoms with Crippen molar-refractivity contribution >= 4 is 12.4 Å². The van der Waals surface area contributed by atoms with Gasteiger partial charge in [0.2, 0.25) is 5.91 Å². The lowest BCUT2D eigenvalue weighted by Crippen LogP contribution is -2.37. The summed E-state index contributed by atoms with van der Waals surface area (Å²) in [6.07, 6.45) is 3.08. The molecule has 0 bridgehead atoms. The van der Waals surface area contributed by atoms with Gasteiger partial charge in [-0.2, -0.15) is 0 Å². The Labute approximate surface area is 89.8 Å². The molecule has 1 atom stereocenters. The van der Waals surface area contributed by atoms with Gasteiger partial charge in [0.25, 0.3) is 6.47 Å². The van der Waals surface area contributed by atoms with Gasteiger partial charge in [0.15, 0.2) is 0 Å². The van der Waals surface area contributed by atoms with E-state index >= 15 is 0 Å². The summed E-state index contributed by atoms with van der Waals surface area (Å²) in [5.74, 6) is 0.345. The number of rotatable bonds is 1. The first-order valence-corrected chi connectivity index (χ1v) is 5.26. The van der Waals surface area contributed by atoms with Crippen molar-refractivity contribution < 1.29 is 14.3 Å². The lowest BCUT2D eigenvalue weighted by atomic mass is 10.2. The van der Waals surface area contributed by atoms with Gasteiger partial charge in [0, 0.05) is 32.1 Å². The van der Waals surface area contributed by atoms with E-state index in [4.69, 9.17) is 4.79 Å². The number of amides is 1. The lowest BCUT2D eigenvalue weighted by molar-refractivity contribution is -0.131. The largest absolute Gasteiger partial charge is 0.471 e. The maximum atomic E-state index is 11.4. The topological polar surface area (TPSA) is 58.6 Å². The van der Waals surface area contributed by atoms with E-state index in [1.54, 1.807) is 0 Å². The van der Waals surface area contributed by atoms with E-state index in [1.807, 2.05) is 4.90 Å². The number of nitrogens with zero attached hydrogens (tertiary/aromatic N) is 1. The minimum Gasteiger partial charge on any atom is -0.471 e. The first-order chi connectivity index (χ1) is 7.29. The Morgan fingerprint density at radius 2 is 2.33 bits per heavy atom. The number of carbonyl (C=O) groups is 2. The number of ether oxygens (including phenoxy) is 1. The fourth-order valence-corrected chi connectivity index (χ4v) is 1.98. The van der Waals surface area contributed by atoms with Crippen molar-refractivity contribution in [3.8, 4) is 0 Å². The van der Waals surface area contributed by atoms with Crippen molar-refractivity contribution in [3.05, 3.63) is 0 Å². The van der Waals surface area contributed by atoms with E-state index in [2.05, 4.69) is 10.1 Å². The maximum absolute atomic E-state index is 11.4. The molecular formula is C10H18N2O3. The molecule has 5 nitrogen and oxygen atoms in total. The van der Waals surface area contributed by atoms with E-state index in [0.717, 1.165) is 19.6 Å². The van der Waals surface area contributed by atoms with Crippen LogP contribution in [0.3, 0.4) is 0 Å². The fraction of sp³-hybridized carbons (Fsp3) is 0.800. The predicted octanol–water partition coefficient (Wildman–Crippen LogP) is -0.240. The zero-order valence-electron chi connectivity index (χ0n) is 9.07. The number of methoxy groups -OCH3 is 1. The molecule has 1 unspecified atom stereocenters. The molecule has 0 aromatic rings. The third kappa shape index (κ3) is 3.51. The van der Waals surface area contributed by atoms with E-state index in [0.29, 0.717) is 24.8 Å². The van der Waals surface area contributed by atoms with Gasteiger partial charge in [-0.1, -0.05) is 0 Å². The molecule has 86 valence electrons. The number of hydrogen-bond donors (Lipinski definition) is 1. The van der Waals surface area contributed by atoms with Gasteiger partial charge in [-0.3, -0.25) is 9.59 Å². The van der Waals surface area contributed by atoms with Gasteiger partial charge in [-0.05, 0) is 12.8 Å². The summed E-state index contributed by atoms with van der Waals surface area (Å²) in [5, 5.41) is 3.29. The van der Waals surface area contributed by atoms with Crippen LogP contribution in [0.1, 0.15) is 19.3 Å². The number of carbonyl (C=O) groups excluding carboxylic acids is 2. The zero-order chi connectivity index (χ0) is 11.1. The van der Waals surface area contributed by atoms with Crippen molar-refractivity contribution in [2.75, 3.05) is 26.7 Å². The molecule has 2 saturated heterocycles. The second kappa shape index (κ2) is 6.40. The van der Waals surface area contributed by atoms with Gasteiger partial charge in [0.05, 0.1) is 7.11 Å². The van der Waals surface area contributed by atoms with Crippen LogP contribution in [0.4, 0.5) is 0 Å². The number of fused-ring (bicyclic) bond motifs is 1. The third-order valence-electron chi connectivity index (χ3n) is 2.69. The van der Waals surface area contributed by atoms with E-state index in [-0.39, 0.29) is 0 Å².